The van der Waals surface area contributed by atoms with Crippen molar-refractivity contribution >= 4 is 28.4 Å². The predicted octanol–water partition coefficient (Wildman–Crippen LogP) is 3.05. The number of hydrogen-bond donors (Lipinski definition) is 0. The van der Waals surface area contributed by atoms with Crippen molar-refractivity contribution in [1.29, 1.82) is 0 Å². The number of rotatable bonds is 3. The molecule has 0 fully saturated rings. The molecule has 1 amide bonds. The second kappa shape index (κ2) is 4.45. The van der Waals surface area contributed by atoms with Gasteiger partial charge in [-0.25, -0.2) is 4.98 Å². The lowest BCUT2D eigenvalue weighted by molar-refractivity contribution is -0.106. The second-order valence-corrected chi connectivity index (χ2v) is 4.62. The Morgan fingerprint density at radius 2 is 1.94 bits per heavy atom. The SMILES string of the molecule is Cc1nc(C)c(N(C=O)c2ccccc2)s1. The Labute approximate surface area is 98.4 Å². The van der Waals surface area contributed by atoms with E-state index in [1.165, 1.54) is 11.3 Å². The third kappa shape index (κ3) is 1.97. The number of hydrogen-bond acceptors (Lipinski definition) is 3. The third-order valence-electron chi connectivity index (χ3n) is 2.24. The molecule has 0 aliphatic heterocycles. The summed E-state index contributed by atoms with van der Waals surface area (Å²) in [6.45, 7) is 3.85. The fourth-order valence-corrected chi connectivity index (χ4v) is 2.46. The minimum atomic E-state index is 0.829. The largest absolute Gasteiger partial charge is 0.278 e. The summed E-state index contributed by atoms with van der Waals surface area (Å²) in [7, 11) is 0. The number of anilines is 2. The summed E-state index contributed by atoms with van der Waals surface area (Å²) in [6, 6.07) is 9.56. The molecular formula is C12H12N2OS. The molecule has 0 spiro atoms. The summed E-state index contributed by atoms with van der Waals surface area (Å²) in [4.78, 5) is 17.1. The highest BCUT2D eigenvalue weighted by atomic mass is 32.1. The van der Waals surface area contributed by atoms with Crippen LogP contribution in [0.5, 0.6) is 0 Å². The molecule has 82 valence electrons. The molecule has 2 aromatic rings. The topological polar surface area (TPSA) is 33.2 Å². The van der Waals surface area contributed by atoms with Crippen LogP contribution in [0, 0.1) is 13.8 Å². The molecule has 3 nitrogen and oxygen atoms in total. The summed E-state index contributed by atoms with van der Waals surface area (Å²) in [5.41, 5.74) is 1.75. The van der Waals surface area contributed by atoms with Crippen molar-refractivity contribution in [3.63, 3.8) is 0 Å². The van der Waals surface area contributed by atoms with Gasteiger partial charge in [0, 0.05) is 5.69 Å². The number of nitrogens with zero attached hydrogens (tertiary/aromatic N) is 2. The van der Waals surface area contributed by atoms with E-state index in [0.717, 1.165) is 27.8 Å². The van der Waals surface area contributed by atoms with Gasteiger partial charge in [-0.05, 0) is 26.0 Å². The fourth-order valence-electron chi connectivity index (χ4n) is 1.56. The van der Waals surface area contributed by atoms with E-state index in [-0.39, 0.29) is 0 Å². The predicted molar refractivity (Wildman–Crippen MR) is 66.2 cm³/mol. The van der Waals surface area contributed by atoms with Crippen molar-refractivity contribution in [1.82, 2.24) is 4.98 Å². The van der Waals surface area contributed by atoms with Gasteiger partial charge in [-0.2, -0.15) is 0 Å². The summed E-state index contributed by atoms with van der Waals surface area (Å²) >= 11 is 1.53. The molecule has 1 heterocycles. The van der Waals surface area contributed by atoms with Crippen LogP contribution < -0.4 is 4.90 Å². The van der Waals surface area contributed by atoms with Crippen LogP contribution in [-0.4, -0.2) is 11.4 Å². The minimum Gasteiger partial charge on any atom is -0.278 e. The number of carbonyl (C=O) groups excluding carboxylic acids is 1. The van der Waals surface area contributed by atoms with Crippen molar-refractivity contribution in [3.8, 4) is 0 Å². The lowest BCUT2D eigenvalue weighted by Gasteiger charge is -2.15. The Hall–Kier alpha value is -1.68. The van der Waals surface area contributed by atoms with Gasteiger partial charge in [-0.15, -0.1) is 11.3 Å². The molecule has 0 aliphatic rings. The molecule has 0 unspecified atom stereocenters. The number of para-hydroxylation sites is 1. The van der Waals surface area contributed by atoms with Crippen LogP contribution in [0.15, 0.2) is 30.3 Å². The van der Waals surface area contributed by atoms with Gasteiger partial charge in [0.1, 0.15) is 5.00 Å². The maximum atomic E-state index is 11.2. The molecule has 0 atom stereocenters. The first-order valence-electron chi connectivity index (χ1n) is 4.96. The first-order valence-corrected chi connectivity index (χ1v) is 5.77. The highest BCUT2D eigenvalue weighted by molar-refractivity contribution is 7.16. The number of thiazole rings is 1. The Morgan fingerprint density at radius 3 is 2.44 bits per heavy atom. The van der Waals surface area contributed by atoms with Crippen LogP contribution in [0.25, 0.3) is 0 Å². The number of carbonyl (C=O) groups is 1. The first-order chi connectivity index (χ1) is 7.72. The molecule has 2 rings (SSSR count). The zero-order valence-corrected chi connectivity index (χ0v) is 9.99. The van der Waals surface area contributed by atoms with Crippen molar-refractivity contribution in [2.24, 2.45) is 0 Å². The lowest BCUT2D eigenvalue weighted by Crippen LogP contribution is -2.13. The van der Waals surface area contributed by atoms with Crippen molar-refractivity contribution in [2.75, 3.05) is 4.90 Å². The Bertz CT molecular complexity index is 493. The highest BCUT2D eigenvalue weighted by Gasteiger charge is 2.14. The number of benzene rings is 1. The molecular weight excluding hydrogens is 220 g/mol. The number of amides is 1. The summed E-state index contributed by atoms with van der Waals surface area (Å²) in [5.74, 6) is 0. The zero-order chi connectivity index (χ0) is 11.5. The van der Waals surface area contributed by atoms with Crippen LogP contribution in [0.1, 0.15) is 10.7 Å². The molecule has 16 heavy (non-hydrogen) atoms. The van der Waals surface area contributed by atoms with Gasteiger partial charge in [0.2, 0.25) is 6.41 Å². The normalized spacial score (nSPS) is 10.1. The van der Waals surface area contributed by atoms with Gasteiger partial charge < -0.3 is 0 Å². The highest BCUT2D eigenvalue weighted by Crippen LogP contribution is 2.32. The smallest absolute Gasteiger partial charge is 0.219 e. The van der Waals surface area contributed by atoms with Crippen molar-refractivity contribution in [2.45, 2.75) is 13.8 Å². The average molecular weight is 232 g/mol. The van der Waals surface area contributed by atoms with Crippen molar-refractivity contribution in [3.05, 3.63) is 41.0 Å². The fraction of sp³-hybridized carbons (Fsp3) is 0.167. The van der Waals surface area contributed by atoms with E-state index < -0.39 is 0 Å². The van der Waals surface area contributed by atoms with E-state index in [9.17, 15) is 4.79 Å². The summed E-state index contributed by atoms with van der Waals surface area (Å²) in [6.07, 6.45) is 0.829. The number of aryl methyl sites for hydroxylation is 2. The van der Waals surface area contributed by atoms with Crippen LogP contribution in [-0.2, 0) is 4.79 Å². The standard InChI is InChI=1S/C12H12N2OS/c1-9-12(16-10(2)13-9)14(8-15)11-6-4-3-5-7-11/h3-8H,1-2H3. The Kier molecular flexibility index (Phi) is 3.01. The maximum absolute atomic E-state index is 11.2. The van der Waals surface area contributed by atoms with E-state index in [0.29, 0.717) is 0 Å². The van der Waals surface area contributed by atoms with Crippen LogP contribution >= 0.6 is 11.3 Å². The Balaban J connectivity index is 2.44. The number of aromatic nitrogens is 1. The lowest BCUT2D eigenvalue weighted by atomic mass is 10.3. The van der Waals surface area contributed by atoms with Gasteiger partial charge in [-0.3, -0.25) is 9.69 Å². The first kappa shape index (κ1) is 10.8. The van der Waals surface area contributed by atoms with E-state index in [1.807, 2.05) is 44.2 Å². The van der Waals surface area contributed by atoms with Crippen LogP contribution in [0.2, 0.25) is 0 Å². The second-order valence-electron chi connectivity index (χ2n) is 3.43. The molecule has 0 saturated heterocycles. The molecule has 0 N–H and O–H groups in total. The molecule has 0 saturated carbocycles. The van der Waals surface area contributed by atoms with E-state index in [1.54, 1.807) is 4.90 Å². The molecule has 0 bridgehead atoms. The third-order valence-corrected chi connectivity index (χ3v) is 3.31. The van der Waals surface area contributed by atoms with Gasteiger partial charge in [0.15, 0.2) is 0 Å². The van der Waals surface area contributed by atoms with Gasteiger partial charge >= 0.3 is 0 Å². The van der Waals surface area contributed by atoms with E-state index in [2.05, 4.69) is 4.98 Å². The summed E-state index contributed by atoms with van der Waals surface area (Å²) in [5, 5.41) is 1.86. The van der Waals surface area contributed by atoms with E-state index >= 15 is 0 Å². The molecule has 4 heteroatoms. The molecule has 1 aromatic carbocycles. The summed E-state index contributed by atoms with van der Waals surface area (Å²) < 4.78 is 0. The van der Waals surface area contributed by atoms with Crippen LogP contribution in [0.3, 0.4) is 0 Å². The molecule has 0 aliphatic carbocycles. The Morgan fingerprint density at radius 1 is 1.25 bits per heavy atom. The molecule has 0 radical (unpaired) electrons. The van der Waals surface area contributed by atoms with Gasteiger partial charge in [0.25, 0.3) is 0 Å². The van der Waals surface area contributed by atoms with Gasteiger partial charge in [0.05, 0.1) is 10.7 Å². The quantitative estimate of drug-likeness (QED) is 0.762. The van der Waals surface area contributed by atoms with Gasteiger partial charge in [-0.1, -0.05) is 18.2 Å². The average Bonchev–Trinajstić information content (AvgIpc) is 2.61. The monoisotopic (exact) mass is 232 g/mol. The maximum Gasteiger partial charge on any atom is 0.219 e. The minimum absolute atomic E-state index is 0.829. The van der Waals surface area contributed by atoms with E-state index in [4.69, 9.17) is 0 Å². The zero-order valence-electron chi connectivity index (χ0n) is 9.18. The molecule has 1 aromatic heterocycles. The van der Waals surface area contributed by atoms with Crippen molar-refractivity contribution < 1.29 is 4.79 Å². The van der Waals surface area contributed by atoms with Crippen LogP contribution in [0.4, 0.5) is 10.7 Å².